The average Bonchev–Trinajstić information content (AvgIpc) is 1.95. The third-order valence-corrected chi connectivity index (χ3v) is 1.16. The van der Waals surface area contributed by atoms with Gasteiger partial charge in [-0.2, -0.15) is 34.0 Å². The smallest absolute Gasteiger partial charge is 0.0491 e. The molecule has 0 unspecified atom stereocenters. The molecule has 0 saturated carbocycles. The van der Waals surface area contributed by atoms with Gasteiger partial charge in [0.1, 0.15) is 0 Å². The predicted octanol–water partition coefficient (Wildman–Crippen LogP) is 2.92. The minimum atomic E-state index is 0. The number of azo groups is 1. The molecule has 14 radical (unpaired) electrons. The molecule has 25 heavy (non-hydrogen) atoms. The molecule has 102 valence electrons. The summed E-state index contributed by atoms with van der Waals surface area (Å²) in [5.41, 5.74) is 1.98. The number of nitrogens with zero attached hydrogens (tertiary/aromatic N) is 2. The van der Waals surface area contributed by atoms with Crippen LogP contribution in [-0.2, 0) is 458 Å². The van der Waals surface area contributed by atoms with E-state index < -0.39 is 0 Å². The van der Waals surface area contributed by atoms with Crippen molar-refractivity contribution in [1.29, 1.82) is 0 Å². The zero-order valence-electron chi connectivity index (χ0n) is 15.2. The molecular formula is C9H12N2Y14-2. The van der Waals surface area contributed by atoms with E-state index in [1.807, 2.05) is 25.1 Å². The summed E-state index contributed by atoms with van der Waals surface area (Å²) in [5.74, 6) is 0. The van der Waals surface area contributed by atoms with Crippen LogP contribution in [-0.4, -0.2) is 7.05 Å². The van der Waals surface area contributed by atoms with Gasteiger partial charge in [0.05, 0.1) is 0 Å². The summed E-state index contributed by atoms with van der Waals surface area (Å²) in [7, 11) is 1.65. The molecule has 0 aliphatic rings. The normalized spacial score (nSPS) is 4.24. The zero-order chi connectivity index (χ0) is 7.40. The average molecular weight is 1390 g/mol. The standard InChI is InChI=1S/C8H9N2.CH3.14Y/c1-7-3-5-8(6-4-7)10-9-2;;;;;;;;;;;;;;;/h3-5H,1-2H3;1H3;;;;;;;;;;;;;;/q2*-1;;;;;;;;;;;;;;. The van der Waals surface area contributed by atoms with Crippen molar-refractivity contribution >= 4 is 5.69 Å². The third-order valence-electron chi connectivity index (χ3n) is 1.16. The van der Waals surface area contributed by atoms with Crippen molar-refractivity contribution in [2.24, 2.45) is 10.2 Å². The van der Waals surface area contributed by atoms with E-state index in [1.165, 1.54) is 5.56 Å². The van der Waals surface area contributed by atoms with Crippen LogP contribution in [0, 0.1) is 20.4 Å². The van der Waals surface area contributed by atoms with Crippen molar-refractivity contribution in [3.8, 4) is 0 Å². The van der Waals surface area contributed by atoms with Crippen molar-refractivity contribution in [3.05, 3.63) is 37.3 Å². The summed E-state index contributed by atoms with van der Waals surface area (Å²) in [6.07, 6.45) is 0. The molecule has 16 heteroatoms. The van der Waals surface area contributed by atoms with Crippen LogP contribution in [0.3, 0.4) is 0 Å². The molecule has 1 aromatic carbocycles. The molecule has 0 atom stereocenters. The van der Waals surface area contributed by atoms with E-state index >= 15 is 0 Å². The van der Waals surface area contributed by atoms with E-state index in [4.69, 9.17) is 0 Å². The molecule has 0 aromatic heterocycles. The molecule has 0 spiro atoms. The Morgan fingerprint density at radius 3 is 1.16 bits per heavy atom. The Bertz CT molecular complexity index is 249. The molecule has 0 amide bonds. The van der Waals surface area contributed by atoms with Gasteiger partial charge >= 0.3 is 0 Å². The van der Waals surface area contributed by atoms with Crippen LogP contribution in [0.4, 0.5) is 5.69 Å². The molecule has 0 saturated heterocycles. The van der Waals surface area contributed by atoms with E-state index in [1.54, 1.807) is 7.05 Å². The van der Waals surface area contributed by atoms with Crippen LogP contribution < -0.4 is 0 Å². The van der Waals surface area contributed by atoms with Crippen molar-refractivity contribution < 1.29 is 458 Å². The van der Waals surface area contributed by atoms with Crippen molar-refractivity contribution in [1.82, 2.24) is 0 Å². The summed E-state index contributed by atoms with van der Waals surface area (Å²) in [6, 6.07) is 8.75. The van der Waals surface area contributed by atoms with Crippen LogP contribution >= 0.6 is 0 Å². The maximum atomic E-state index is 3.82. The van der Waals surface area contributed by atoms with Gasteiger partial charge in [0.15, 0.2) is 0 Å². The first-order valence-electron chi connectivity index (χ1n) is 3.11. The van der Waals surface area contributed by atoms with Gasteiger partial charge in [0.25, 0.3) is 0 Å². The predicted molar refractivity (Wildman–Crippen MR) is 46.9 cm³/mol. The molecule has 0 heterocycles. The summed E-state index contributed by atoms with van der Waals surface area (Å²) >= 11 is 0. The van der Waals surface area contributed by atoms with Crippen LogP contribution in [0.15, 0.2) is 28.4 Å². The Balaban J connectivity index is -0.00000000513. The second kappa shape index (κ2) is 77.0. The zero-order valence-corrected chi connectivity index (χ0v) is 54.9. The van der Waals surface area contributed by atoms with Gasteiger partial charge in [0, 0.05) is 465 Å². The Labute approximate surface area is 507 Å². The SMILES string of the molecule is CN=Nc1[c-]cc(C)cc1.[CH3-].[Y].[Y].[Y].[Y].[Y].[Y].[Y].[Y].[Y].[Y].[Y].[Y].[Y].[Y]. The molecule has 2 nitrogen and oxygen atoms in total. The quantitative estimate of drug-likeness (QED) is 0.306. The maximum Gasteiger partial charge on any atom is 0.0491 e. The van der Waals surface area contributed by atoms with Crippen molar-refractivity contribution in [2.45, 2.75) is 6.92 Å². The molecule has 1 rings (SSSR count). The molecule has 0 aliphatic carbocycles. The minimum absolute atomic E-state index is 0. The molecule has 0 aliphatic heterocycles. The van der Waals surface area contributed by atoms with E-state index in [-0.39, 0.29) is 465 Å². The fourth-order valence-electron chi connectivity index (χ4n) is 0.664. The molecule has 0 fully saturated rings. The topological polar surface area (TPSA) is 24.7 Å². The second-order valence-corrected chi connectivity index (χ2v) is 2.05. The number of rotatable bonds is 1. The largest absolute Gasteiger partial charge is 0.358 e. The first-order chi connectivity index (χ1) is 4.83. The van der Waals surface area contributed by atoms with Gasteiger partial charge in [-0.05, 0) is 5.69 Å². The van der Waals surface area contributed by atoms with Crippen molar-refractivity contribution in [3.63, 3.8) is 0 Å². The van der Waals surface area contributed by atoms with E-state index in [0.717, 1.165) is 5.69 Å². The summed E-state index contributed by atoms with van der Waals surface area (Å²) in [6.45, 7) is 2.02. The van der Waals surface area contributed by atoms with Gasteiger partial charge in [-0.3, -0.25) is 0 Å². The Kier molecular flexibility index (Phi) is 301. The van der Waals surface area contributed by atoms with Crippen LogP contribution in [0.1, 0.15) is 5.56 Å². The molecule has 0 bridgehead atoms. The van der Waals surface area contributed by atoms with Crippen LogP contribution in [0.25, 0.3) is 0 Å². The molecule has 1 aromatic rings. The summed E-state index contributed by atoms with van der Waals surface area (Å²) < 4.78 is 0. The maximum absolute atomic E-state index is 3.82. The van der Waals surface area contributed by atoms with Gasteiger partial charge in [-0.1, -0.05) is 6.92 Å². The Hall–Kier alpha value is 14.3. The first-order valence-corrected chi connectivity index (χ1v) is 3.11. The molecular weight excluding hydrogens is 1380 g/mol. The van der Waals surface area contributed by atoms with Gasteiger partial charge in [0.2, 0.25) is 0 Å². The third kappa shape index (κ3) is 67.7. The fraction of sp³-hybridized carbons (Fsp3) is 0.222. The van der Waals surface area contributed by atoms with Gasteiger partial charge < -0.3 is 7.43 Å². The monoisotopic (exact) mass is 1390 g/mol. The van der Waals surface area contributed by atoms with Gasteiger partial charge in [-0.25, -0.2) is 0 Å². The number of hydrogen-bond donors (Lipinski definition) is 0. The summed E-state index contributed by atoms with van der Waals surface area (Å²) in [5, 5.41) is 7.45. The number of hydrogen-bond acceptors (Lipinski definition) is 2. The van der Waals surface area contributed by atoms with Gasteiger partial charge in [-0.15, -0.1) is 6.07 Å². The molecule has 0 N–H and O–H groups in total. The van der Waals surface area contributed by atoms with E-state index in [9.17, 15) is 0 Å². The Morgan fingerprint density at radius 2 is 0.960 bits per heavy atom. The first kappa shape index (κ1) is 97.6. The van der Waals surface area contributed by atoms with Crippen molar-refractivity contribution in [2.75, 3.05) is 7.05 Å². The van der Waals surface area contributed by atoms with Crippen LogP contribution in [0.2, 0.25) is 0 Å². The second-order valence-electron chi connectivity index (χ2n) is 2.05. The number of aryl methyl sites for hydroxylation is 1. The van der Waals surface area contributed by atoms with Crippen LogP contribution in [0.5, 0.6) is 0 Å². The summed E-state index contributed by atoms with van der Waals surface area (Å²) in [4.78, 5) is 0. The number of benzene rings is 1. The van der Waals surface area contributed by atoms with E-state index in [0.29, 0.717) is 0 Å². The Morgan fingerprint density at radius 1 is 0.640 bits per heavy atom. The van der Waals surface area contributed by atoms with E-state index in [2.05, 4.69) is 16.3 Å². The minimum Gasteiger partial charge on any atom is -0.358 e. The fourth-order valence-corrected chi connectivity index (χ4v) is 0.664.